The Morgan fingerprint density at radius 2 is 1.94 bits per heavy atom. The summed E-state index contributed by atoms with van der Waals surface area (Å²) >= 11 is 5.87. The lowest BCUT2D eigenvalue weighted by Gasteiger charge is -2.05. The van der Waals surface area contributed by atoms with Gasteiger partial charge in [-0.15, -0.1) is 0 Å². The SMILES string of the molecule is Nc1ccc(-n2ccc(C(F)(F)F)n2)c(Cl)c1. The van der Waals surface area contributed by atoms with E-state index in [1.807, 2.05) is 0 Å². The molecule has 90 valence electrons. The number of nitrogen functional groups attached to an aromatic ring is 1. The molecule has 0 radical (unpaired) electrons. The normalized spacial score (nSPS) is 11.8. The Morgan fingerprint density at radius 1 is 1.24 bits per heavy atom. The second-order valence-corrected chi connectivity index (χ2v) is 3.76. The zero-order chi connectivity index (χ0) is 12.6. The van der Waals surface area contributed by atoms with Crippen molar-refractivity contribution in [2.45, 2.75) is 6.18 Å². The van der Waals surface area contributed by atoms with Crippen LogP contribution < -0.4 is 5.73 Å². The summed E-state index contributed by atoms with van der Waals surface area (Å²) < 4.78 is 38.1. The molecule has 0 saturated carbocycles. The number of nitrogens with two attached hydrogens (primary N) is 1. The van der Waals surface area contributed by atoms with Gasteiger partial charge >= 0.3 is 6.18 Å². The third kappa shape index (κ3) is 2.36. The fraction of sp³-hybridized carbons (Fsp3) is 0.100. The van der Waals surface area contributed by atoms with E-state index in [4.69, 9.17) is 17.3 Å². The lowest BCUT2D eigenvalue weighted by molar-refractivity contribution is -0.141. The molecule has 0 fully saturated rings. The highest BCUT2D eigenvalue weighted by Gasteiger charge is 2.33. The second kappa shape index (κ2) is 3.96. The number of rotatable bonds is 1. The maximum Gasteiger partial charge on any atom is 0.435 e. The minimum Gasteiger partial charge on any atom is -0.399 e. The molecule has 0 bridgehead atoms. The van der Waals surface area contributed by atoms with Gasteiger partial charge in [0.05, 0.1) is 10.7 Å². The summed E-state index contributed by atoms with van der Waals surface area (Å²) in [5, 5.41) is 3.65. The van der Waals surface area contributed by atoms with E-state index < -0.39 is 11.9 Å². The van der Waals surface area contributed by atoms with Gasteiger partial charge in [-0.1, -0.05) is 11.6 Å². The van der Waals surface area contributed by atoms with Gasteiger partial charge in [0, 0.05) is 11.9 Å². The van der Waals surface area contributed by atoms with Crippen LogP contribution in [0.1, 0.15) is 5.69 Å². The Labute approximate surface area is 99.6 Å². The van der Waals surface area contributed by atoms with Crippen molar-refractivity contribution in [2.75, 3.05) is 5.73 Å². The third-order valence-electron chi connectivity index (χ3n) is 2.10. The molecule has 0 aliphatic rings. The molecule has 0 unspecified atom stereocenters. The lowest BCUT2D eigenvalue weighted by Crippen LogP contribution is -2.07. The van der Waals surface area contributed by atoms with Crippen LogP contribution in [-0.4, -0.2) is 9.78 Å². The van der Waals surface area contributed by atoms with E-state index in [1.165, 1.54) is 24.4 Å². The van der Waals surface area contributed by atoms with Crippen LogP contribution in [0.3, 0.4) is 0 Å². The summed E-state index contributed by atoms with van der Waals surface area (Å²) in [6, 6.07) is 5.37. The van der Waals surface area contributed by atoms with Crippen LogP contribution in [-0.2, 0) is 6.18 Å². The zero-order valence-electron chi connectivity index (χ0n) is 8.37. The Bertz CT molecular complexity index is 548. The molecule has 2 rings (SSSR count). The molecule has 0 atom stereocenters. The Balaban J connectivity index is 2.44. The van der Waals surface area contributed by atoms with Crippen LogP contribution >= 0.6 is 11.6 Å². The number of anilines is 1. The number of hydrogen-bond acceptors (Lipinski definition) is 2. The second-order valence-electron chi connectivity index (χ2n) is 3.35. The summed E-state index contributed by atoms with van der Waals surface area (Å²) in [4.78, 5) is 0. The highest BCUT2D eigenvalue weighted by Crippen LogP contribution is 2.29. The lowest BCUT2D eigenvalue weighted by atomic mass is 10.3. The van der Waals surface area contributed by atoms with Crippen LogP contribution in [0.5, 0.6) is 0 Å². The van der Waals surface area contributed by atoms with Crippen molar-refractivity contribution in [3.05, 3.63) is 41.2 Å². The van der Waals surface area contributed by atoms with Crippen molar-refractivity contribution in [3.8, 4) is 5.69 Å². The van der Waals surface area contributed by atoms with Gasteiger partial charge in [-0.25, -0.2) is 4.68 Å². The number of hydrogen-bond donors (Lipinski definition) is 1. The number of halogens is 4. The molecule has 0 saturated heterocycles. The highest BCUT2D eigenvalue weighted by atomic mass is 35.5. The third-order valence-corrected chi connectivity index (χ3v) is 2.40. The summed E-state index contributed by atoms with van der Waals surface area (Å²) in [5.74, 6) is 0. The fourth-order valence-electron chi connectivity index (χ4n) is 1.32. The minimum atomic E-state index is -4.47. The molecule has 1 aromatic heterocycles. The van der Waals surface area contributed by atoms with Crippen molar-refractivity contribution in [3.63, 3.8) is 0 Å². The van der Waals surface area contributed by atoms with Gasteiger partial charge in [0.25, 0.3) is 0 Å². The van der Waals surface area contributed by atoms with Gasteiger partial charge in [-0.2, -0.15) is 18.3 Å². The molecule has 2 N–H and O–H groups in total. The number of nitrogens with zero attached hydrogens (tertiary/aromatic N) is 2. The first-order chi connectivity index (χ1) is 7.88. The Morgan fingerprint density at radius 3 is 2.47 bits per heavy atom. The maximum atomic E-state index is 12.4. The first-order valence-electron chi connectivity index (χ1n) is 4.56. The van der Waals surface area contributed by atoms with E-state index in [0.29, 0.717) is 11.4 Å². The molecule has 1 heterocycles. The average molecular weight is 262 g/mol. The molecular weight excluding hydrogens is 255 g/mol. The van der Waals surface area contributed by atoms with E-state index in [2.05, 4.69) is 5.10 Å². The average Bonchev–Trinajstić information content (AvgIpc) is 2.65. The molecule has 2 aromatic rings. The van der Waals surface area contributed by atoms with Crippen LogP contribution in [0.4, 0.5) is 18.9 Å². The zero-order valence-corrected chi connectivity index (χ0v) is 9.13. The van der Waals surface area contributed by atoms with Crippen LogP contribution in [0.2, 0.25) is 5.02 Å². The van der Waals surface area contributed by atoms with Crippen LogP contribution in [0, 0.1) is 0 Å². The topological polar surface area (TPSA) is 43.8 Å². The Kier molecular flexibility index (Phi) is 2.74. The standard InChI is InChI=1S/C10H7ClF3N3/c11-7-5-6(15)1-2-8(7)17-4-3-9(16-17)10(12,13)14/h1-5H,15H2. The molecular formula is C10H7ClF3N3. The molecule has 3 nitrogen and oxygen atoms in total. The maximum absolute atomic E-state index is 12.4. The minimum absolute atomic E-state index is 0.238. The van der Waals surface area contributed by atoms with Crippen molar-refractivity contribution in [1.29, 1.82) is 0 Å². The largest absolute Gasteiger partial charge is 0.435 e. The molecule has 7 heteroatoms. The van der Waals surface area contributed by atoms with Crippen molar-refractivity contribution >= 4 is 17.3 Å². The van der Waals surface area contributed by atoms with Crippen LogP contribution in [0.15, 0.2) is 30.5 Å². The van der Waals surface area contributed by atoms with Crippen molar-refractivity contribution in [2.24, 2.45) is 0 Å². The van der Waals surface area contributed by atoms with E-state index >= 15 is 0 Å². The summed E-state index contributed by atoms with van der Waals surface area (Å²) in [6.45, 7) is 0. The van der Waals surface area contributed by atoms with Crippen LogP contribution in [0.25, 0.3) is 5.69 Å². The predicted octanol–water partition coefficient (Wildman–Crippen LogP) is 3.13. The van der Waals surface area contributed by atoms with Gasteiger partial charge in [0.1, 0.15) is 0 Å². The highest BCUT2D eigenvalue weighted by molar-refractivity contribution is 6.32. The first-order valence-corrected chi connectivity index (χ1v) is 4.94. The first kappa shape index (κ1) is 11.8. The van der Waals surface area contributed by atoms with Gasteiger partial charge in [0.15, 0.2) is 5.69 Å². The predicted molar refractivity (Wildman–Crippen MR) is 58.0 cm³/mol. The smallest absolute Gasteiger partial charge is 0.399 e. The molecule has 0 amide bonds. The molecule has 0 aliphatic heterocycles. The molecule has 1 aromatic carbocycles. The van der Waals surface area contributed by atoms with Crippen molar-refractivity contribution in [1.82, 2.24) is 9.78 Å². The van der Waals surface area contributed by atoms with Crippen molar-refractivity contribution < 1.29 is 13.2 Å². The Hall–Kier alpha value is -1.69. The van der Waals surface area contributed by atoms with Gasteiger partial charge in [0.2, 0.25) is 0 Å². The number of benzene rings is 1. The van der Waals surface area contributed by atoms with Gasteiger partial charge < -0.3 is 5.73 Å². The van der Waals surface area contributed by atoms with Gasteiger partial charge in [-0.05, 0) is 24.3 Å². The summed E-state index contributed by atoms with van der Waals surface area (Å²) in [6.07, 6.45) is -3.27. The molecule has 0 spiro atoms. The summed E-state index contributed by atoms with van der Waals surface area (Å²) in [5.41, 5.74) is 5.29. The monoisotopic (exact) mass is 261 g/mol. The molecule has 0 aliphatic carbocycles. The quantitative estimate of drug-likeness (QED) is 0.802. The van der Waals surface area contributed by atoms with E-state index in [-0.39, 0.29) is 5.02 Å². The number of alkyl halides is 3. The van der Waals surface area contributed by atoms with Gasteiger partial charge in [-0.3, -0.25) is 0 Å². The van der Waals surface area contributed by atoms with E-state index in [9.17, 15) is 13.2 Å². The van der Waals surface area contributed by atoms with E-state index in [1.54, 1.807) is 0 Å². The summed E-state index contributed by atoms with van der Waals surface area (Å²) in [7, 11) is 0. The van der Waals surface area contributed by atoms with E-state index in [0.717, 1.165) is 10.7 Å². The fourth-order valence-corrected chi connectivity index (χ4v) is 1.59. The number of aromatic nitrogens is 2. The molecule has 17 heavy (non-hydrogen) atoms.